The second-order valence-corrected chi connectivity index (χ2v) is 9.70. The van der Waals surface area contributed by atoms with Gasteiger partial charge in [0.1, 0.15) is 5.84 Å². The highest BCUT2D eigenvalue weighted by Gasteiger charge is 2.51. The van der Waals surface area contributed by atoms with Crippen LogP contribution in [-0.4, -0.2) is 61.2 Å². The van der Waals surface area contributed by atoms with E-state index in [0.29, 0.717) is 11.5 Å². The Labute approximate surface area is 196 Å². The van der Waals surface area contributed by atoms with Crippen molar-refractivity contribution in [3.8, 4) is 6.07 Å². The SMILES string of the molecule is N#CC1C[C@H](N2CC3(COC3)C2)CC[C@@H]1N/C=C(\C(=N)NC1=CCC(C(F)(F)F)C=C1)C(N)=O. The van der Waals surface area contributed by atoms with E-state index in [0.717, 1.165) is 51.6 Å². The number of likely N-dealkylation sites (tertiary alicyclic amines) is 1. The molecular weight excluding hydrogens is 449 g/mol. The summed E-state index contributed by atoms with van der Waals surface area (Å²) >= 11 is 0. The molecule has 184 valence electrons. The minimum Gasteiger partial charge on any atom is -0.386 e. The van der Waals surface area contributed by atoms with Gasteiger partial charge in [-0.05, 0) is 31.8 Å². The number of hydrogen-bond acceptors (Lipinski definition) is 6. The first-order valence-corrected chi connectivity index (χ1v) is 11.4. The standard InChI is InChI=1S/C23H29F3N6O2/c24-23(25,26)15-1-3-16(4-2-15)31-20(28)18(21(29)33)9-30-19-6-5-17(7-14(19)8-27)32-10-22(11-32)12-34-13-22/h1,3-4,9,14-15,17,19,30H,2,5-7,10-13H2,(H2,28,31)(H2,29,33)/b18-9+/t14?,15?,17-,19+/m1/s1. The minimum atomic E-state index is -4.33. The van der Waals surface area contributed by atoms with Crippen molar-refractivity contribution < 1.29 is 22.7 Å². The fourth-order valence-corrected chi connectivity index (χ4v) is 5.09. The van der Waals surface area contributed by atoms with E-state index >= 15 is 0 Å². The summed E-state index contributed by atoms with van der Waals surface area (Å²) in [6.45, 7) is 3.66. The Morgan fingerprint density at radius 2 is 2.09 bits per heavy atom. The molecule has 11 heteroatoms. The van der Waals surface area contributed by atoms with Gasteiger partial charge in [0.15, 0.2) is 0 Å². The number of nitrogens with two attached hydrogens (primary N) is 1. The van der Waals surface area contributed by atoms with Gasteiger partial charge in [0.05, 0.1) is 36.7 Å². The van der Waals surface area contributed by atoms with Gasteiger partial charge in [-0.25, -0.2) is 0 Å². The highest BCUT2D eigenvalue weighted by molar-refractivity contribution is 6.19. The molecule has 3 fully saturated rings. The number of carbonyl (C=O) groups is 1. The predicted molar refractivity (Wildman–Crippen MR) is 118 cm³/mol. The number of nitrogens with one attached hydrogen (secondary N) is 3. The van der Waals surface area contributed by atoms with Crippen LogP contribution in [0.15, 0.2) is 35.7 Å². The van der Waals surface area contributed by atoms with Gasteiger partial charge in [-0.15, -0.1) is 0 Å². The van der Waals surface area contributed by atoms with Crippen LogP contribution in [0.2, 0.25) is 0 Å². The van der Waals surface area contributed by atoms with Crippen molar-refractivity contribution in [2.45, 2.75) is 43.9 Å². The molecule has 0 aromatic carbocycles. The number of allylic oxidation sites excluding steroid dienone is 3. The first kappa shape index (κ1) is 24.3. The van der Waals surface area contributed by atoms with Crippen molar-refractivity contribution in [2.24, 2.45) is 23.0 Å². The third kappa shape index (κ3) is 5.13. The summed E-state index contributed by atoms with van der Waals surface area (Å²) in [5.41, 5.74) is 5.91. The van der Waals surface area contributed by atoms with Gasteiger partial charge in [0.25, 0.3) is 5.91 Å². The first-order chi connectivity index (χ1) is 16.1. The van der Waals surface area contributed by atoms with E-state index in [1.54, 1.807) is 0 Å². The van der Waals surface area contributed by atoms with Crippen molar-refractivity contribution in [3.63, 3.8) is 0 Å². The van der Waals surface area contributed by atoms with E-state index in [4.69, 9.17) is 15.9 Å². The van der Waals surface area contributed by atoms with E-state index in [1.165, 1.54) is 18.4 Å². The van der Waals surface area contributed by atoms with Gasteiger partial charge in [0, 0.05) is 42.5 Å². The van der Waals surface area contributed by atoms with Gasteiger partial charge in [-0.1, -0.05) is 12.2 Å². The van der Waals surface area contributed by atoms with Crippen LogP contribution in [0.4, 0.5) is 13.2 Å². The third-order valence-electron chi connectivity index (χ3n) is 7.16. The van der Waals surface area contributed by atoms with Gasteiger partial charge in [0.2, 0.25) is 0 Å². The van der Waals surface area contributed by atoms with Crippen LogP contribution in [-0.2, 0) is 9.53 Å². The molecule has 0 radical (unpaired) electrons. The van der Waals surface area contributed by atoms with Crippen molar-refractivity contribution >= 4 is 11.7 Å². The second kappa shape index (κ2) is 9.43. The number of rotatable bonds is 6. The molecule has 4 rings (SSSR count). The molecule has 0 bridgehead atoms. The Kier molecular flexibility index (Phi) is 6.73. The molecule has 34 heavy (non-hydrogen) atoms. The van der Waals surface area contributed by atoms with Crippen molar-refractivity contribution in [3.05, 3.63) is 35.7 Å². The summed E-state index contributed by atoms with van der Waals surface area (Å²) in [6.07, 6.45) is 2.73. The quantitative estimate of drug-likeness (QED) is 0.263. The van der Waals surface area contributed by atoms with Crippen LogP contribution >= 0.6 is 0 Å². The van der Waals surface area contributed by atoms with Crippen LogP contribution in [0.25, 0.3) is 0 Å². The normalized spacial score (nSPS) is 31.0. The minimum absolute atomic E-state index is 0.138. The maximum atomic E-state index is 12.8. The Bertz CT molecular complexity index is 955. The first-order valence-electron chi connectivity index (χ1n) is 11.4. The van der Waals surface area contributed by atoms with Crippen LogP contribution < -0.4 is 16.4 Å². The molecular formula is C23H29F3N6O2. The Morgan fingerprint density at radius 1 is 1.35 bits per heavy atom. The number of carbonyl (C=O) groups excluding carboxylic acids is 1. The molecule has 4 aliphatic rings. The fourth-order valence-electron chi connectivity index (χ4n) is 5.09. The summed E-state index contributed by atoms with van der Waals surface area (Å²) in [7, 11) is 0. The molecule has 2 saturated heterocycles. The van der Waals surface area contributed by atoms with Crippen LogP contribution in [0, 0.1) is 34.0 Å². The summed E-state index contributed by atoms with van der Waals surface area (Å²) in [6, 6.07) is 2.52. The topological polar surface area (TPSA) is 127 Å². The summed E-state index contributed by atoms with van der Waals surface area (Å²) in [4.78, 5) is 14.4. The molecule has 1 spiro atoms. The number of primary amides is 1. The monoisotopic (exact) mass is 478 g/mol. The van der Waals surface area contributed by atoms with Crippen LogP contribution in [0.1, 0.15) is 25.7 Å². The van der Waals surface area contributed by atoms with Crippen LogP contribution in [0.3, 0.4) is 0 Å². The van der Waals surface area contributed by atoms with E-state index in [9.17, 15) is 23.2 Å². The number of nitriles is 1. The number of ether oxygens (including phenoxy) is 1. The maximum Gasteiger partial charge on any atom is 0.395 e. The number of amides is 1. The fraction of sp³-hybridized carbons (Fsp3) is 0.609. The highest BCUT2D eigenvalue weighted by atomic mass is 19.4. The number of hydrogen-bond donors (Lipinski definition) is 4. The number of amidine groups is 1. The number of alkyl halides is 3. The lowest BCUT2D eigenvalue weighted by Gasteiger charge is -2.58. The van der Waals surface area contributed by atoms with Crippen molar-refractivity contribution in [1.29, 1.82) is 10.7 Å². The van der Waals surface area contributed by atoms with Crippen molar-refractivity contribution in [2.75, 3.05) is 26.3 Å². The zero-order valence-electron chi connectivity index (χ0n) is 18.7. The Hall–Kier alpha value is -2.84. The Balaban J connectivity index is 1.32. The Morgan fingerprint density at radius 3 is 2.62 bits per heavy atom. The van der Waals surface area contributed by atoms with Gasteiger partial charge < -0.3 is 21.1 Å². The predicted octanol–water partition coefficient (Wildman–Crippen LogP) is 1.93. The molecule has 4 atom stereocenters. The van der Waals surface area contributed by atoms with E-state index in [-0.39, 0.29) is 35.5 Å². The van der Waals surface area contributed by atoms with E-state index in [2.05, 4.69) is 21.6 Å². The second-order valence-electron chi connectivity index (χ2n) is 9.70. The lowest BCUT2D eigenvalue weighted by Crippen LogP contribution is -2.68. The average Bonchev–Trinajstić information content (AvgIpc) is 2.72. The molecule has 0 aromatic rings. The number of nitrogens with zero attached hydrogens (tertiary/aromatic N) is 2. The van der Waals surface area contributed by atoms with E-state index < -0.39 is 18.0 Å². The summed E-state index contributed by atoms with van der Waals surface area (Å²) in [5.74, 6) is -3.00. The largest absolute Gasteiger partial charge is 0.395 e. The zero-order valence-corrected chi connectivity index (χ0v) is 18.7. The van der Waals surface area contributed by atoms with Crippen LogP contribution in [0.5, 0.6) is 0 Å². The van der Waals surface area contributed by atoms with E-state index in [1.807, 2.05) is 0 Å². The molecule has 1 saturated carbocycles. The molecule has 2 heterocycles. The smallest absolute Gasteiger partial charge is 0.386 e. The summed E-state index contributed by atoms with van der Waals surface area (Å²) in [5, 5.41) is 23.6. The molecule has 5 N–H and O–H groups in total. The highest BCUT2D eigenvalue weighted by Crippen LogP contribution is 2.41. The summed E-state index contributed by atoms with van der Waals surface area (Å²) < 4.78 is 43.7. The lowest BCUT2D eigenvalue weighted by molar-refractivity contribution is -0.201. The molecule has 2 unspecified atom stereocenters. The third-order valence-corrected chi connectivity index (χ3v) is 7.16. The van der Waals surface area contributed by atoms with Gasteiger partial charge >= 0.3 is 6.18 Å². The molecule has 2 aliphatic heterocycles. The zero-order chi connectivity index (χ0) is 24.5. The lowest BCUT2D eigenvalue weighted by atomic mass is 9.74. The van der Waals surface area contributed by atoms with Crippen molar-refractivity contribution in [1.82, 2.24) is 15.5 Å². The molecule has 2 aliphatic carbocycles. The molecule has 1 amide bonds. The average molecular weight is 479 g/mol. The van der Waals surface area contributed by atoms with Gasteiger partial charge in [-0.2, -0.15) is 18.4 Å². The number of halogens is 3. The maximum absolute atomic E-state index is 12.8. The van der Waals surface area contributed by atoms with Gasteiger partial charge in [-0.3, -0.25) is 15.1 Å². The molecule has 8 nitrogen and oxygen atoms in total. The molecule has 0 aromatic heterocycles.